The van der Waals surface area contributed by atoms with Crippen LogP contribution in [-0.2, 0) is 14.3 Å². The number of fused-ring (bicyclic) bond motifs is 3. The van der Waals surface area contributed by atoms with Gasteiger partial charge in [-0.1, -0.05) is 48.5 Å². The van der Waals surface area contributed by atoms with Crippen LogP contribution < -0.4 is 5.32 Å². The third kappa shape index (κ3) is 5.05. The Morgan fingerprint density at radius 2 is 1.55 bits per heavy atom. The summed E-state index contributed by atoms with van der Waals surface area (Å²) in [5.41, 5.74) is 4.50. The average Bonchev–Trinajstić information content (AvgIpc) is 3.05. The second kappa shape index (κ2) is 9.64. The maximum atomic E-state index is 12.7. The molecule has 0 aromatic heterocycles. The molecule has 1 aliphatic carbocycles. The SMILES string of the molecule is CC(C)N(CCC(=O)O)C(=O)[C@@H](C)NC(=O)OCC1c2ccccc2-c2ccccc21. The topological polar surface area (TPSA) is 95.9 Å². The fourth-order valence-electron chi connectivity index (χ4n) is 3.97. The number of hydrogen-bond donors (Lipinski definition) is 2. The number of ether oxygens (including phenoxy) is 1. The molecule has 0 heterocycles. The molecule has 7 nitrogen and oxygen atoms in total. The van der Waals surface area contributed by atoms with Crippen LogP contribution in [0, 0.1) is 0 Å². The van der Waals surface area contributed by atoms with Crippen LogP contribution in [0.1, 0.15) is 44.2 Å². The second-order valence-corrected chi connectivity index (χ2v) is 7.96. The molecule has 0 fully saturated rings. The third-order valence-electron chi connectivity index (χ3n) is 5.52. The normalized spacial score (nSPS) is 13.3. The van der Waals surface area contributed by atoms with Crippen LogP contribution >= 0.6 is 0 Å². The van der Waals surface area contributed by atoms with Crippen LogP contribution in [0.2, 0.25) is 0 Å². The average molecular weight is 424 g/mol. The van der Waals surface area contributed by atoms with Crippen molar-refractivity contribution in [1.29, 1.82) is 0 Å². The molecule has 164 valence electrons. The Morgan fingerprint density at radius 3 is 2.06 bits per heavy atom. The van der Waals surface area contributed by atoms with Gasteiger partial charge in [0.15, 0.2) is 0 Å². The van der Waals surface area contributed by atoms with Crippen LogP contribution in [0.5, 0.6) is 0 Å². The van der Waals surface area contributed by atoms with Gasteiger partial charge >= 0.3 is 12.1 Å². The number of aliphatic carboxylic acids is 1. The van der Waals surface area contributed by atoms with Crippen molar-refractivity contribution in [3.63, 3.8) is 0 Å². The summed E-state index contributed by atoms with van der Waals surface area (Å²) in [6.07, 6.45) is -0.827. The van der Waals surface area contributed by atoms with E-state index in [1.165, 1.54) is 4.90 Å². The molecule has 1 aliphatic rings. The second-order valence-electron chi connectivity index (χ2n) is 7.96. The number of nitrogens with one attached hydrogen (secondary N) is 1. The summed E-state index contributed by atoms with van der Waals surface area (Å²) >= 11 is 0. The van der Waals surface area contributed by atoms with Gasteiger partial charge in [-0.05, 0) is 43.0 Å². The molecule has 2 N–H and O–H groups in total. The zero-order chi connectivity index (χ0) is 22.5. The number of carboxylic acids is 1. The number of nitrogens with zero attached hydrogens (tertiary/aromatic N) is 1. The molecule has 2 aromatic rings. The zero-order valence-electron chi connectivity index (χ0n) is 18.0. The van der Waals surface area contributed by atoms with Crippen molar-refractivity contribution >= 4 is 18.0 Å². The summed E-state index contributed by atoms with van der Waals surface area (Å²) in [5.74, 6) is -1.38. The predicted molar refractivity (Wildman–Crippen MR) is 117 cm³/mol. The van der Waals surface area contributed by atoms with Crippen molar-refractivity contribution in [2.24, 2.45) is 0 Å². The Kier molecular flexibility index (Phi) is 6.95. The fraction of sp³-hybridized carbons (Fsp3) is 0.375. The van der Waals surface area contributed by atoms with E-state index in [1.54, 1.807) is 20.8 Å². The van der Waals surface area contributed by atoms with Crippen molar-refractivity contribution in [2.45, 2.75) is 45.2 Å². The summed E-state index contributed by atoms with van der Waals surface area (Å²) in [5, 5.41) is 11.5. The highest BCUT2D eigenvalue weighted by Gasteiger charge is 2.30. The van der Waals surface area contributed by atoms with Gasteiger partial charge in [0.2, 0.25) is 5.91 Å². The van der Waals surface area contributed by atoms with Gasteiger partial charge in [0, 0.05) is 18.5 Å². The lowest BCUT2D eigenvalue weighted by molar-refractivity contribution is -0.139. The number of hydrogen-bond acceptors (Lipinski definition) is 4. The van der Waals surface area contributed by atoms with Gasteiger partial charge in [0.05, 0.1) is 6.42 Å². The molecule has 7 heteroatoms. The quantitative estimate of drug-likeness (QED) is 0.675. The first-order chi connectivity index (χ1) is 14.8. The number of amides is 2. The molecule has 0 unspecified atom stereocenters. The van der Waals surface area contributed by atoms with Gasteiger partial charge in [-0.25, -0.2) is 4.79 Å². The number of carbonyl (C=O) groups excluding carboxylic acids is 2. The van der Waals surface area contributed by atoms with E-state index in [0.717, 1.165) is 22.3 Å². The lowest BCUT2D eigenvalue weighted by Crippen LogP contribution is -2.50. The van der Waals surface area contributed by atoms with Gasteiger partial charge in [0.25, 0.3) is 0 Å². The van der Waals surface area contributed by atoms with Gasteiger partial charge in [-0.2, -0.15) is 0 Å². The number of rotatable bonds is 8. The van der Waals surface area contributed by atoms with Gasteiger partial charge in [-0.15, -0.1) is 0 Å². The first-order valence-electron chi connectivity index (χ1n) is 10.4. The monoisotopic (exact) mass is 424 g/mol. The lowest BCUT2D eigenvalue weighted by atomic mass is 9.98. The Morgan fingerprint density at radius 1 is 1.00 bits per heavy atom. The predicted octanol–water partition coefficient (Wildman–Crippen LogP) is 3.63. The van der Waals surface area contributed by atoms with Crippen molar-refractivity contribution in [3.05, 3.63) is 59.7 Å². The molecule has 3 rings (SSSR count). The van der Waals surface area contributed by atoms with Crippen LogP contribution in [0.25, 0.3) is 11.1 Å². The molecule has 0 bridgehead atoms. The molecule has 2 aromatic carbocycles. The minimum atomic E-state index is -0.976. The summed E-state index contributed by atoms with van der Waals surface area (Å²) in [4.78, 5) is 37.4. The van der Waals surface area contributed by atoms with Gasteiger partial charge in [-0.3, -0.25) is 9.59 Å². The number of carbonyl (C=O) groups is 3. The first kappa shape index (κ1) is 22.3. The van der Waals surface area contributed by atoms with Gasteiger partial charge < -0.3 is 20.1 Å². The van der Waals surface area contributed by atoms with Crippen LogP contribution in [0.3, 0.4) is 0 Å². The number of carboxylic acid groups (broad SMARTS) is 1. The van der Waals surface area contributed by atoms with E-state index in [1.807, 2.05) is 36.4 Å². The van der Waals surface area contributed by atoms with E-state index >= 15 is 0 Å². The van der Waals surface area contributed by atoms with E-state index in [4.69, 9.17) is 9.84 Å². The smallest absolute Gasteiger partial charge is 0.407 e. The molecule has 1 atom stereocenters. The standard InChI is InChI=1S/C24H28N2O5/c1-15(2)26(13-12-22(27)28)23(29)16(3)25-24(30)31-14-21-19-10-6-4-8-17(19)18-9-5-7-11-20(18)21/h4-11,15-16,21H,12-14H2,1-3H3,(H,25,30)(H,27,28)/t16-/m1/s1. The molecule has 0 saturated carbocycles. The maximum absolute atomic E-state index is 12.7. The molecule has 2 amide bonds. The highest BCUT2D eigenvalue weighted by molar-refractivity contribution is 5.86. The summed E-state index contributed by atoms with van der Waals surface area (Å²) in [6.45, 7) is 5.43. The Hall–Kier alpha value is -3.35. The van der Waals surface area contributed by atoms with Crippen molar-refractivity contribution in [1.82, 2.24) is 10.2 Å². The number of alkyl carbamates (subject to hydrolysis) is 1. The highest BCUT2D eigenvalue weighted by Crippen LogP contribution is 2.44. The molecule has 0 aliphatic heterocycles. The van der Waals surface area contributed by atoms with E-state index in [-0.39, 0.29) is 37.4 Å². The first-order valence-corrected chi connectivity index (χ1v) is 10.4. The van der Waals surface area contributed by atoms with E-state index in [9.17, 15) is 14.4 Å². The van der Waals surface area contributed by atoms with Crippen molar-refractivity contribution in [2.75, 3.05) is 13.2 Å². The summed E-state index contributed by atoms with van der Waals surface area (Å²) in [6, 6.07) is 15.1. The van der Waals surface area contributed by atoms with E-state index in [2.05, 4.69) is 17.4 Å². The minimum Gasteiger partial charge on any atom is -0.481 e. The lowest BCUT2D eigenvalue weighted by Gasteiger charge is -2.29. The third-order valence-corrected chi connectivity index (χ3v) is 5.52. The van der Waals surface area contributed by atoms with E-state index < -0.39 is 18.1 Å². The summed E-state index contributed by atoms with van der Waals surface area (Å²) < 4.78 is 5.48. The molecule has 0 spiro atoms. The maximum Gasteiger partial charge on any atom is 0.407 e. The van der Waals surface area contributed by atoms with Crippen LogP contribution in [0.4, 0.5) is 4.79 Å². The molecule has 0 saturated heterocycles. The van der Waals surface area contributed by atoms with Crippen LogP contribution in [0.15, 0.2) is 48.5 Å². The molecule has 0 radical (unpaired) electrons. The minimum absolute atomic E-state index is 0.0631. The fourth-order valence-corrected chi connectivity index (χ4v) is 3.97. The molecular weight excluding hydrogens is 396 g/mol. The largest absolute Gasteiger partial charge is 0.481 e. The van der Waals surface area contributed by atoms with Crippen molar-refractivity contribution in [3.8, 4) is 11.1 Å². The Bertz CT molecular complexity index is 926. The van der Waals surface area contributed by atoms with Crippen LogP contribution in [-0.4, -0.2) is 53.2 Å². The highest BCUT2D eigenvalue weighted by atomic mass is 16.5. The summed E-state index contributed by atoms with van der Waals surface area (Å²) in [7, 11) is 0. The Labute approximate surface area is 182 Å². The Balaban J connectivity index is 1.61. The number of benzene rings is 2. The van der Waals surface area contributed by atoms with Gasteiger partial charge in [0.1, 0.15) is 12.6 Å². The molecular formula is C24H28N2O5. The van der Waals surface area contributed by atoms with E-state index in [0.29, 0.717) is 0 Å². The van der Waals surface area contributed by atoms with Crippen molar-refractivity contribution < 1.29 is 24.2 Å². The molecule has 31 heavy (non-hydrogen) atoms. The zero-order valence-corrected chi connectivity index (χ0v) is 18.0.